The number of aromatic nitrogens is 2. The third-order valence-corrected chi connectivity index (χ3v) is 2.02. The van der Waals surface area contributed by atoms with E-state index in [1.54, 1.807) is 0 Å². The Balaban J connectivity index is 2.50. The molecule has 0 saturated carbocycles. The van der Waals surface area contributed by atoms with Crippen molar-refractivity contribution in [3.63, 3.8) is 0 Å². The van der Waals surface area contributed by atoms with Gasteiger partial charge in [-0.05, 0) is 20.3 Å². The molecule has 0 aliphatic heterocycles. The molecule has 0 aliphatic carbocycles. The minimum atomic E-state index is 0.593. The van der Waals surface area contributed by atoms with Gasteiger partial charge in [-0.3, -0.25) is 0 Å². The van der Waals surface area contributed by atoms with E-state index in [4.69, 9.17) is 9.47 Å². The Morgan fingerprint density at radius 1 is 1.24 bits per heavy atom. The van der Waals surface area contributed by atoms with Crippen LogP contribution in [0.2, 0.25) is 0 Å². The highest BCUT2D eigenvalue weighted by Crippen LogP contribution is 2.11. The van der Waals surface area contributed by atoms with Gasteiger partial charge in [-0.25, -0.2) is 4.98 Å². The molecule has 5 nitrogen and oxygen atoms in total. The molecule has 17 heavy (non-hydrogen) atoms. The maximum absolute atomic E-state index is 5.48. The lowest BCUT2D eigenvalue weighted by atomic mass is 10.4. The first kappa shape index (κ1) is 13.7. The normalized spacial score (nSPS) is 10.3. The number of nitrogens with zero attached hydrogens (tertiary/aromatic N) is 2. The van der Waals surface area contributed by atoms with E-state index < -0.39 is 0 Å². The average molecular weight is 239 g/mol. The summed E-state index contributed by atoms with van der Waals surface area (Å²) in [5.74, 6) is 1.22. The van der Waals surface area contributed by atoms with E-state index in [9.17, 15) is 0 Å². The SMILES string of the molecule is CCCOc1cc(C)nc(NCCOCC)n1. The highest BCUT2D eigenvalue weighted by Gasteiger charge is 2.02. The van der Waals surface area contributed by atoms with E-state index in [1.807, 2.05) is 19.9 Å². The summed E-state index contributed by atoms with van der Waals surface area (Å²) in [5.41, 5.74) is 0.894. The molecule has 1 aromatic heterocycles. The summed E-state index contributed by atoms with van der Waals surface area (Å²) >= 11 is 0. The fourth-order valence-electron chi connectivity index (χ4n) is 1.28. The van der Waals surface area contributed by atoms with E-state index in [1.165, 1.54) is 0 Å². The van der Waals surface area contributed by atoms with Gasteiger partial charge in [0.15, 0.2) is 0 Å². The van der Waals surface area contributed by atoms with Gasteiger partial charge in [0.25, 0.3) is 0 Å². The van der Waals surface area contributed by atoms with E-state index in [0.29, 0.717) is 31.6 Å². The van der Waals surface area contributed by atoms with Crippen LogP contribution in [-0.4, -0.2) is 36.3 Å². The van der Waals surface area contributed by atoms with E-state index >= 15 is 0 Å². The van der Waals surface area contributed by atoms with Crippen LogP contribution in [0, 0.1) is 6.92 Å². The van der Waals surface area contributed by atoms with Gasteiger partial charge < -0.3 is 14.8 Å². The molecule has 96 valence electrons. The molecule has 0 fully saturated rings. The highest BCUT2D eigenvalue weighted by molar-refractivity contribution is 5.30. The van der Waals surface area contributed by atoms with Crippen molar-refractivity contribution in [2.75, 3.05) is 31.7 Å². The zero-order chi connectivity index (χ0) is 12.5. The molecule has 1 rings (SSSR count). The monoisotopic (exact) mass is 239 g/mol. The van der Waals surface area contributed by atoms with Gasteiger partial charge in [0.2, 0.25) is 11.8 Å². The lowest BCUT2D eigenvalue weighted by Gasteiger charge is -2.08. The second-order valence-electron chi connectivity index (χ2n) is 3.64. The van der Waals surface area contributed by atoms with Crippen LogP contribution in [-0.2, 0) is 4.74 Å². The summed E-state index contributed by atoms with van der Waals surface area (Å²) in [4.78, 5) is 8.55. The fraction of sp³-hybridized carbons (Fsp3) is 0.667. The molecule has 0 amide bonds. The lowest BCUT2D eigenvalue weighted by Crippen LogP contribution is -2.12. The Morgan fingerprint density at radius 3 is 2.76 bits per heavy atom. The average Bonchev–Trinajstić information content (AvgIpc) is 2.31. The van der Waals surface area contributed by atoms with Gasteiger partial charge in [-0.2, -0.15) is 4.98 Å². The van der Waals surface area contributed by atoms with Crippen LogP contribution in [0.15, 0.2) is 6.07 Å². The first-order chi connectivity index (χ1) is 8.26. The third kappa shape index (κ3) is 5.49. The largest absolute Gasteiger partial charge is 0.478 e. The molecule has 1 heterocycles. The van der Waals surface area contributed by atoms with Crippen LogP contribution in [0.25, 0.3) is 0 Å². The van der Waals surface area contributed by atoms with Crippen LogP contribution < -0.4 is 10.1 Å². The summed E-state index contributed by atoms with van der Waals surface area (Å²) in [6.07, 6.45) is 0.968. The molecule has 0 saturated heterocycles. The summed E-state index contributed by atoms with van der Waals surface area (Å²) in [5, 5.41) is 3.11. The molecule has 0 unspecified atom stereocenters. The second-order valence-corrected chi connectivity index (χ2v) is 3.64. The third-order valence-electron chi connectivity index (χ3n) is 2.02. The van der Waals surface area contributed by atoms with Gasteiger partial charge in [-0.15, -0.1) is 0 Å². The van der Waals surface area contributed by atoms with Crippen molar-refractivity contribution in [2.24, 2.45) is 0 Å². The summed E-state index contributed by atoms with van der Waals surface area (Å²) in [7, 11) is 0. The molecule has 1 aromatic rings. The van der Waals surface area contributed by atoms with Crippen molar-refractivity contribution in [2.45, 2.75) is 27.2 Å². The quantitative estimate of drug-likeness (QED) is 0.703. The zero-order valence-corrected chi connectivity index (χ0v) is 10.8. The lowest BCUT2D eigenvalue weighted by molar-refractivity contribution is 0.158. The minimum absolute atomic E-state index is 0.593. The van der Waals surface area contributed by atoms with Crippen LogP contribution in [0.1, 0.15) is 26.0 Å². The molecule has 0 radical (unpaired) electrons. The Kier molecular flexibility index (Phi) is 6.32. The first-order valence-electron chi connectivity index (χ1n) is 6.06. The molecule has 0 aromatic carbocycles. The maximum atomic E-state index is 5.48. The zero-order valence-electron chi connectivity index (χ0n) is 10.8. The summed E-state index contributed by atoms with van der Waals surface area (Å²) in [6.45, 7) is 8.71. The van der Waals surface area contributed by atoms with E-state index in [-0.39, 0.29) is 0 Å². The van der Waals surface area contributed by atoms with E-state index in [2.05, 4.69) is 22.2 Å². The van der Waals surface area contributed by atoms with Gasteiger partial charge in [0.05, 0.1) is 13.2 Å². The molecular weight excluding hydrogens is 218 g/mol. The number of nitrogens with one attached hydrogen (secondary N) is 1. The molecule has 0 spiro atoms. The Morgan fingerprint density at radius 2 is 2.06 bits per heavy atom. The molecule has 5 heteroatoms. The topological polar surface area (TPSA) is 56.3 Å². The van der Waals surface area contributed by atoms with Crippen LogP contribution in [0.3, 0.4) is 0 Å². The number of aryl methyl sites for hydroxylation is 1. The predicted molar refractivity (Wildman–Crippen MR) is 67.5 cm³/mol. The van der Waals surface area contributed by atoms with Crippen molar-refractivity contribution in [1.29, 1.82) is 0 Å². The van der Waals surface area contributed by atoms with Gasteiger partial charge in [0.1, 0.15) is 0 Å². The maximum Gasteiger partial charge on any atom is 0.226 e. The number of hydrogen-bond donors (Lipinski definition) is 1. The minimum Gasteiger partial charge on any atom is -0.478 e. The van der Waals surface area contributed by atoms with Gasteiger partial charge in [-0.1, -0.05) is 6.92 Å². The number of ether oxygens (including phenoxy) is 2. The number of anilines is 1. The van der Waals surface area contributed by atoms with Crippen LogP contribution in [0.5, 0.6) is 5.88 Å². The number of rotatable bonds is 8. The molecule has 1 N–H and O–H groups in total. The Hall–Kier alpha value is -1.36. The van der Waals surface area contributed by atoms with Crippen LogP contribution >= 0.6 is 0 Å². The predicted octanol–water partition coefficient (Wildman–Crippen LogP) is 2.02. The van der Waals surface area contributed by atoms with Crippen molar-refractivity contribution in [1.82, 2.24) is 9.97 Å². The Bertz CT molecular complexity index is 332. The van der Waals surface area contributed by atoms with Crippen molar-refractivity contribution in [3.05, 3.63) is 11.8 Å². The molecular formula is C12H21N3O2. The summed E-state index contributed by atoms with van der Waals surface area (Å²) in [6, 6.07) is 1.84. The van der Waals surface area contributed by atoms with Crippen LogP contribution in [0.4, 0.5) is 5.95 Å². The van der Waals surface area contributed by atoms with E-state index in [0.717, 1.165) is 18.7 Å². The smallest absolute Gasteiger partial charge is 0.226 e. The number of hydrogen-bond acceptors (Lipinski definition) is 5. The molecule has 0 bridgehead atoms. The van der Waals surface area contributed by atoms with Crippen molar-refractivity contribution < 1.29 is 9.47 Å². The second kappa shape index (κ2) is 7.84. The Labute approximate surface area is 103 Å². The standard InChI is InChI=1S/C12H21N3O2/c1-4-7-17-11-9-10(3)14-12(15-11)13-6-8-16-5-2/h9H,4-8H2,1-3H3,(H,13,14,15). The van der Waals surface area contributed by atoms with Crippen molar-refractivity contribution in [3.8, 4) is 5.88 Å². The van der Waals surface area contributed by atoms with Gasteiger partial charge >= 0.3 is 0 Å². The molecule has 0 atom stereocenters. The van der Waals surface area contributed by atoms with Crippen molar-refractivity contribution >= 4 is 5.95 Å². The van der Waals surface area contributed by atoms with Gasteiger partial charge in [0, 0.05) is 24.9 Å². The molecule has 0 aliphatic rings. The first-order valence-corrected chi connectivity index (χ1v) is 6.06. The fourth-order valence-corrected chi connectivity index (χ4v) is 1.28. The highest BCUT2D eigenvalue weighted by atomic mass is 16.5. The summed E-state index contributed by atoms with van der Waals surface area (Å²) < 4.78 is 10.7.